The maximum atomic E-state index is 11.0. The topological polar surface area (TPSA) is 48.4 Å². The number of ether oxygens (including phenoxy) is 2. The molecule has 0 spiro atoms. The molecule has 4 nitrogen and oxygen atoms in total. The first-order chi connectivity index (χ1) is 6.19. The van der Waals surface area contributed by atoms with Crippen LogP contribution in [-0.4, -0.2) is 25.2 Å². The molecule has 0 aliphatic carbocycles. The maximum absolute atomic E-state index is 11.0. The van der Waals surface area contributed by atoms with Gasteiger partial charge in [0.25, 0.3) is 0 Å². The van der Waals surface area contributed by atoms with Crippen molar-refractivity contribution in [2.24, 2.45) is 0 Å². The van der Waals surface area contributed by atoms with Gasteiger partial charge in [0.2, 0.25) is 0 Å². The number of hydrogen-bond donors (Lipinski definition) is 0. The summed E-state index contributed by atoms with van der Waals surface area (Å²) in [5.41, 5.74) is 0.849. The van der Waals surface area contributed by atoms with Crippen molar-refractivity contribution in [3.05, 3.63) is 30.4 Å². The van der Waals surface area contributed by atoms with Crippen molar-refractivity contribution in [1.82, 2.24) is 4.98 Å². The van der Waals surface area contributed by atoms with E-state index >= 15 is 0 Å². The first-order valence-electron chi connectivity index (χ1n) is 3.63. The van der Waals surface area contributed by atoms with Crippen LogP contribution in [0.4, 0.5) is 0 Å². The fourth-order valence-corrected chi connectivity index (χ4v) is 0.871. The third kappa shape index (κ3) is 3.35. The normalized spacial score (nSPS) is 8.71. The molecule has 14 heavy (non-hydrogen) atoms. The molecule has 1 heterocycles. The summed E-state index contributed by atoms with van der Waals surface area (Å²) in [6.45, 7) is 3.68. The molecule has 0 radical (unpaired) electrons. The van der Waals surface area contributed by atoms with Crippen LogP contribution in [0.25, 0.3) is 0 Å². The SMILES string of the molecule is [CH2-]c1cnc(C(=O)OC)cc1OC.[Rb+]. The Labute approximate surface area is 132 Å². The van der Waals surface area contributed by atoms with Crippen molar-refractivity contribution in [2.75, 3.05) is 14.2 Å². The zero-order valence-corrected chi connectivity index (χ0v) is 13.4. The van der Waals surface area contributed by atoms with E-state index in [2.05, 4.69) is 16.6 Å². The van der Waals surface area contributed by atoms with E-state index in [0.29, 0.717) is 11.3 Å². The van der Waals surface area contributed by atoms with E-state index in [1.165, 1.54) is 26.5 Å². The number of pyridine rings is 1. The van der Waals surface area contributed by atoms with Crippen molar-refractivity contribution in [3.8, 4) is 5.75 Å². The van der Waals surface area contributed by atoms with Gasteiger partial charge < -0.3 is 14.5 Å². The number of aromatic nitrogens is 1. The Morgan fingerprint density at radius 1 is 1.50 bits per heavy atom. The number of carbonyl (C=O) groups excluding carboxylic acids is 1. The zero-order valence-electron chi connectivity index (χ0n) is 8.53. The molecular weight excluding hydrogens is 256 g/mol. The molecule has 5 heteroatoms. The number of hydrogen-bond acceptors (Lipinski definition) is 4. The van der Waals surface area contributed by atoms with Crippen molar-refractivity contribution in [3.63, 3.8) is 0 Å². The largest absolute Gasteiger partial charge is 1.00 e. The average Bonchev–Trinajstić information content (AvgIpc) is 2.17. The summed E-state index contributed by atoms with van der Waals surface area (Å²) in [5, 5.41) is 0. The molecule has 0 amide bonds. The molecule has 0 unspecified atom stereocenters. The Morgan fingerprint density at radius 3 is 2.64 bits per heavy atom. The Morgan fingerprint density at radius 2 is 2.14 bits per heavy atom. The minimum atomic E-state index is -0.488. The number of carbonyl (C=O) groups is 1. The van der Waals surface area contributed by atoms with Crippen molar-refractivity contribution >= 4 is 5.97 Å². The summed E-state index contributed by atoms with van der Waals surface area (Å²) in [5.74, 6) is 0.0358. The van der Waals surface area contributed by atoms with Crippen LogP contribution in [-0.2, 0) is 4.74 Å². The van der Waals surface area contributed by atoms with Crippen LogP contribution in [0, 0.1) is 6.92 Å². The quantitative estimate of drug-likeness (QED) is 0.461. The third-order valence-corrected chi connectivity index (χ3v) is 1.56. The van der Waals surface area contributed by atoms with E-state index in [9.17, 15) is 4.79 Å². The maximum Gasteiger partial charge on any atom is 1.00 e. The summed E-state index contributed by atoms with van der Waals surface area (Å²) in [7, 11) is 2.81. The van der Waals surface area contributed by atoms with Crippen LogP contribution in [0.2, 0.25) is 0 Å². The summed E-state index contributed by atoms with van der Waals surface area (Å²) in [6, 6.07) is 1.49. The Bertz CT molecular complexity index is 328. The van der Waals surface area contributed by atoms with Crippen molar-refractivity contribution in [2.45, 2.75) is 0 Å². The molecule has 0 aromatic carbocycles. The second kappa shape index (κ2) is 6.56. The first kappa shape index (κ1) is 14.1. The van der Waals surface area contributed by atoms with Gasteiger partial charge in [0.1, 0.15) is 5.69 Å². The summed E-state index contributed by atoms with van der Waals surface area (Å²) in [4.78, 5) is 14.9. The fraction of sp³-hybridized carbons (Fsp3) is 0.222. The zero-order chi connectivity index (χ0) is 9.84. The predicted molar refractivity (Wildman–Crippen MR) is 46.6 cm³/mol. The van der Waals surface area contributed by atoms with Crippen LogP contribution >= 0.6 is 0 Å². The van der Waals surface area contributed by atoms with Gasteiger partial charge in [-0.1, -0.05) is 6.20 Å². The number of methoxy groups -OCH3 is 2. The van der Waals surface area contributed by atoms with Gasteiger partial charge in [-0.15, -0.1) is 5.56 Å². The standard InChI is InChI=1S/C9H10NO3.Rb/c1-6-5-10-7(9(11)13-3)4-8(6)12-2;/h4-5H,1H2,2-3H3;/q-1;+1. The van der Waals surface area contributed by atoms with E-state index < -0.39 is 5.97 Å². The predicted octanol–water partition coefficient (Wildman–Crippen LogP) is -1.94. The van der Waals surface area contributed by atoms with Crippen LogP contribution in [0.1, 0.15) is 16.1 Å². The monoisotopic (exact) mass is 265 g/mol. The molecular formula is C9H10NO3Rb. The smallest absolute Gasteiger partial charge is 0.553 e. The second-order valence-electron chi connectivity index (χ2n) is 2.37. The van der Waals surface area contributed by atoms with Crippen molar-refractivity contribution in [1.29, 1.82) is 0 Å². The Hall–Kier alpha value is 0.0952. The molecule has 70 valence electrons. The van der Waals surface area contributed by atoms with Gasteiger partial charge in [-0.2, -0.15) is 6.92 Å². The molecule has 0 aliphatic rings. The Kier molecular flexibility index (Phi) is 6.60. The van der Waals surface area contributed by atoms with E-state index in [1.54, 1.807) is 0 Å². The summed E-state index contributed by atoms with van der Waals surface area (Å²) >= 11 is 0. The molecule has 0 N–H and O–H groups in total. The summed E-state index contributed by atoms with van der Waals surface area (Å²) in [6.07, 6.45) is 1.46. The van der Waals surface area contributed by atoms with E-state index in [1.807, 2.05) is 0 Å². The van der Waals surface area contributed by atoms with E-state index in [0.717, 1.165) is 0 Å². The molecule has 0 atom stereocenters. The molecule has 0 aliphatic heterocycles. The number of nitrogens with zero attached hydrogens (tertiary/aromatic N) is 1. The molecule has 1 aromatic heterocycles. The first-order valence-corrected chi connectivity index (χ1v) is 3.63. The van der Waals surface area contributed by atoms with Crippen LogP contribution < -0.4 is 62.9 Å². The van der Waals surface area contributed by atoms with Crippen LogP contribution in [0.3, 0.4) is 0 Å². The molecule has 0 fully saturated rings. The molecule has 0 bridgehead atoms. The van der Waals surface area contributed by atoms with Gasteiger partial charge in [0.15, 0.2) is 0 Å². The van der Waals surface area contributed by atoms with Gasteiger partial charge in [-0.05, 0) is 6.07 Å². The summed E-state index contributed by atoms with van der Waals surface area (Å²) < 4.78 is 9.47. The van der Waals surface area contributed by atoms with Gasteiger partial charge in [0, 0.05) is 5.75 Å². The second-order valence-corrected chi connectivity index (χ2v) is 2.37. The molecule has 1 rings (SSSR count). The van der Waals surface area contributed by atoms with Gasteiger partial charge in [-0.3, -0.25) is 0 Å². The molecule has 0 saturated heterocycles. The minimum absolute atomic E-state index is 0. The number of esters is 1. The van der Waals surface area contributed by atoms with Gasteiger partial charge >= 0.3 is 64.2 Å². The van der Waals surface area contributed by atoms with Gasteiger partial charge in [-0.25, -0.2) is 4.79 Å². The number of rotatable bonds is 2. The molecule has 1 aromatic rings. The van der Waals surface area contributed by atoms with Gasteiger partial charge in [0.05, 0.1) is 14.2 Å². The minimum Gasteiger partial charge on any atom is -0.553 e. The third-order valence-electron chi connectivity index (χ3n) is 1.56. The van der Waals surface area contributed by atoms with Crippen LogP contribution in [0.15, 0.2) is 12.3 Å². The average molecular weight is 266 g/mol. The van der Waals surface area contributed by atoms with Crippen molar-refractivity contribution < 1.29 is 72.5 Å². The van der Waals surface area contributed by atoms with E-state index in [4.69, 9.17) is 4.74 Å². The van der Waals surface area contributed by atoms with E-state index in [-0.39, 0.29) is 63.9 Å². The fourth-order valence-electron chi connectivity index (χ4n) is 0.871. The Balaban J connectivity index is 0.00000169. The van der Waals surface area contributed by atoms with Crippen LogP contribution in [0.5, 0.6) is 5.75 Å². The molecule has 0 saturated carbocycles.